The number of ether oxygens (including phenoxy) is 1. The number of hydrogen-bond donors (Lipinski definition) is 2. The maximum atomic E-state index is 11.5. The Hall–Kier alpha value is -1.85. The zero-order valence-corrected chi connectivity index (χ0v) is 10.6. The summed E-state index contributed by atoms with van der Waals surface area (Å²) < 4.78 is 5.03. The van der Waals surface area contributed by atoms with E-state index in [0.717, 1.165) is 0 Å². The zero-order chi connectivity index (χ0) is 12.8. The quantitative estimate of drug-likeness (QED) is 0.791. The molecule has 0 aromatic carbocycles. The van der Waals surface area contributed by atoms with Crippen molar-refractivity contribution in [3.8, 4) is 5.88 Å². The smallest absolute Gasteiger partial charge is 0.242 e. The molecule has 1 aromatic rings. The van der Waals surface area contributed by atoms with Gasteiger partial charge in [-0.05, 0) is 20.8 Å². The van der Waals surface area contributed by atoms with Gasteiger partial charge in [-0.15, -0.1) is 0 Å². The number of likely N-dealkylation sites (N-methyl/N-ethyl adjacent to an activating group) is 1. The Bertz CT molecular complexity index is 395. The minimum absolute atomic E-state index is 0.0669. The minimum atomic E-state index is -0.353. The van der Waals surface area contributed by atoms with Crippen LogP contribution in [0.3, 0.4) is 0 Å². The number of hydrogen-bond acceptors (Lipinski definition) is 5. The van der Waals surface area contributed by atoms with Crippen LogP contribution in [0.25, 0.3) is 0 Å². The first kappa shape index (κ1) is 13.2. The van der Waals surface area contributed by atoms with Gasteiger partial charge in [0.05, 0.1) is 7.11 Å². The summed E-state index contributed by atoms with van der Waals surface area (Å²) in [5.74, 6) is 1.58. The van der Waals surface area contributed by atoms with Crippen molar-refractivity contribution in [2.75, 3.05) is 19.0 Å². The fraction of sp³-hybridized carbons (Fsp3) is 0.545. The summed E-state index contributed by atoms with van der Waals surface area (Å²) >= 11 is 0. The molecule has 1 amide bonds. The van der Waals surface area contributed by atoms with Gasteiger partial charge in [0, 0.05) is 12.6 Å². The van der Waals surface area contributed by atoms with E-state index in [9.17, 15) is 4.79 Å². The Morgan fingerprint density at radius 2 is 2.24 bits per heavy atom. The standard InChI is InChI=1S/C11H18N4O2/c1-5-12-11(16)7(2)13-9-6-10(17-4)15-8(3)14-9/h6-7H,5H2,1-4H3,(H,12,16)(H,13,14,15). The molecule has 1 unspecified atom stereocenters. The van der Waals surface area contributed by atoms with Crippen LogP contribution in [-0.2, 0) is 4.79 Å². The average Bonchev–Trinajstić information content (AvgIpc) is 2.28. The molecule has 94 valence electrons. The van der Waals surface area contributed by atoms with Crippen LogP contribution in [0.5, 0.6) is 5.88 Å². The number of nitrogens with zero attached hydrogens (tertiary/aromatic N) is 2. The zero-order valence-electron chi connectivity index (χ0n) is 10.6. The van der Waals surface area contributed by atoms with Gasteiger partial charge in [0.15, 0.2) is 0 Å². The van der Waals surface area contributed by atoms with Crippen LogP contribution in [0.15, 0.2) is 6.07 Å². The Labute approximate surface area is 101 Å². The maximum absolute atomic E-state index is 11.5. The van der Waals surface area contributed by atoms with Gasteiger partial charge in [-0.2, -0.15) is 4.98 Å². The third-order valence-corrected chi connectivity index (χ3v) is 2.13. The number of anilines is 1. The van der Waals surface area contributed by atoms with Crippen molar-refractivity contribution in [3.05, 3.63) is 11.9 Å². The molecule has 6 nitrogen and oxygen atoms in total. The molecule has 1 rings (SSSR count). The fourth-order valence-corrected chi connectivity index (χ4v) is 1.33. The molecule has 6 heteroatoms. The molecule has 0 radical (unpaired) electrons. The molecule has 1 atom stereocenters. The van der Waals surface area contributed by atoms with Crippen molar-refractivity contribution in [1.29, 1.82) is 0 Å². The fourth-order valence-electron chi connectivity index (χ4n) is 1.33. The van der Waals surface area contributed by atoms with E-state index in [1.807, 2.05) is 6.92 Å². The molecule has 0 fully saturated rings. The Balaban J connectivity index is 2.73. The molecular formula is C11H18N4O2. The molecule has 2 N–H and O–H groups in total. The first-order valence-electron chi connectivity index (χ1n) is 5.50. The summed E-state index contributed by atoms with van der Waals surface area (Å²) in [6.07, 6.45) is 0. The van der Waals surface area contributed by atoms with E-state index >= 15 is 0 Å². The second-order valence-corrected chi connectivity index (χ2v) is 3.60. The van der Waals surface area contributed by atoms with Crippen molar-refractivity contribution in [1.82, 2.24) is 15.3 Å². The molecule has 0 saturated carbocycles. The maximum Gasteiger partial charge on any atom is 0.242 e. The number of carbonyl (C=O) groups excluding carboxylic acids is 1. The van der Waals surface area contributed by atoms with Crippen molar-refractivity contribution in [2.24, 2.45) is 0 Å². The van der Waals surface area contributed by atoms with E-state index in [4.69, 9.17) is 4.74 Å². The van der Waals surface area contributed by atoms with Crippen LogP contribution in [0.2, 0.25) is 0 Å². The lowest BCUT2D eigenvalue weighted by molar-refractivity contribution is -0.121. The van der Waals surface area contributed by atoms with Crippen molar-refractivity contribution in [2.45, 2.75) is 26.8 Å². The summed E-state index contributed by atoms with van der Waals surface area (Å²) in [5.41, 5.74) is 0. The summed E-state index contributed by atoms with van der Waals surface area (Å²) in [6, 6.07) is 1.30. The van der Waals surface area contributed by atoms with Crippen LogP contribution in [-0.4, -0.2) is 35.6 Å². The SMILES string of the molecule is CCNC(=O)C(C)Nc1cc(OC)nc(C)n1. The molecule has 0 aliphatic carbocycles. The molecular weight excluding hydrogens is 220 g/mol. The lowest BCUT2D eigenvalue weighted by Crippen LogP contribution is -2.37. The Morgan fingerprint density at radius 3 is 2.82 bits per heavy atom. The van der Waals surface area contributed by atoms with Gasteiger partial charge in [0.25, 0.3) is 0 Å². The lowest BCUT2D eigenvalue weighted by atomic mass is 10.3. The molecule has 0 aliphatic rings. The van der Waals surface area contributed by atoms with E-state index in [1.165, 1.54) is 0 Å². The highest BCUT2D eigenvalue weighted by Crippen LogP contribution is 2.13. The Morgan fingerprint density at radius 1 is 1.53 bits per heavy atom. The minimum Gasteiger partial charge on any atom is -0.481 e. The highest BCUT2D eigenvalue weighted by atomic mass is 16.5. The van der Waals surface area contributed by atoms with Gasteiger partial charge in [-0.1, -0.05) is 0 Å². The Kier molecular flexibility index (Phi) is 4.68. The summed E-state index contributed by atoms with van der Waals surface area (Å²) in [7, 11) is 1.54. The van der Waals surface area contributed by atoms with Gasteiger partial charge in [-0.25, -0.2) is 4.98 Å². The first-order valence-corrected chi connectivity index (χ1v) is 5.50. The molecule has 1 aromatic heterocycles. The van der Waals surface area contributed by atoms with Gasteiger partial charge < -0.3 is 15.4 Å². The van der Waals surface area contributed by atoms with Crippen LogP contribution < -0.4 is 15.4 Å². The second kappa shape index (κ2) is 6.03. The van der Waals surface area contributed by atoms with E-state index < -0.39 is 0 Å². The normalized spacial score (nSPS) is 11.8. The number of carbonyl (C=O) groups is 1. The topological polar surface area (TPSA) is 76.1 Å². The molecule has 1 heterocycles. The number of amides is 1. The predicted octanol–water partition coefficient (Wildman–Crippen LogP) is 0.730. The summed E-state index contributed by atoms with van der Waals surface area (Å²) in [6.45, 7) is 6.03. The molecule has 0 bridgehead atoms. The van der Waals surface area contributed by atoms with E-state index in [1.54, 1.807) is 27.0 Å². The third kappa shape index (κ3) is 3.90. The van der Waals surface area contributed by atoms with Crippen LogP contribution in [0.1, 0.15) is 19.7 Å². The number of aromatic nitrogens is 2. The van der Waals surface area contributed by atoms with E-state index in [2.05, 4.69) is 20.6 Å². The van der Waals surface area contributed by atoms with Gasteiger partial charge in [-0.3, -0.25) is 4.79 Å². The summed E-state index contributed by atoms with van der Waals surface area (Å²) in [4.78, 5) is 19.8. The highest BCUT2D eigenvalue weighted by molar-refractivity contribution is 5.83. The van der Waals surface area contributed by atoms with Crippen LogP contribution in [0, 0.1) is 6.92 Å². The molecule has 0 aliphatic heterocycles. The molecule has 0 saturated heterocycles. The second-order valence-electron chi connectivity index (χ2n) is 3.60. The number of nitrogens with one attached hydrogen (secondary N) is 2. The van der Waals surface area contributed by atoms with Crippen molar-refractivity contribution >= 4 is 11.7 Å². The monoisotopic (exact) mass is 238 g/mol. The predicted molar refractivity (Wildman–Crippen MR) is 65.1 cm³/mol. The van der Waals surface area contributed by atoms with Gasteiger partial charge in [0.1, 0.15) is 17.7 Å². The summed E-state index contributed by atoms with van der Waals surface area (Å²) in [5, 5.41) is 5.73. The number of rotatable bonds is 5. The lowest BCUT2D eigenvalue weighted by Gasteiger charge is -2.14. The van der Waals surface area contributed by atoms with Crippen LogP contribution in [0.4, 0.5) is 5.82 Å². The van der Waals surface area contributed by atoms with Gasteiger partial charge in [0.2, 0.25) is 11.8 Å². The first-order chi connectivity index (χ1) is 8.06. The molecule has 0 spiro atoms. The van der Waals surface area contributed by atoms with E-state index in [0.29, 0.717) is 24.1 Å². The van der Waals surface area contributed by atoms with Crippen molar-refractivity contribution < 1.29 is 9.53 Å². The average molecular weight is 238 g/mol. The highest BCUT2D eigenvalue weighted by Gasteiger charge is 2.12. The van der Waals surface area contributed by atoms with Gasteiger partial charge >= 0.3 is 0 Å². The largest absolute Gasteiger partial charge is 0.481 e. The third-order valence-electron chi connectivity index (χ3n) is 2.13. The number of aryl methyl sites for hydroxylation is 1. The molecule has 17 heavy (non-hydrogen) atoms. The van der Waals surface area contributed by atoms with E-state index in [-0.39, 0.29) is 11.9 Å². The number of methoxy groups -OCH3 is 1. The van der Waals surface area contributed by atoms with Crippen LogP contribution >= 0.6 is 0 Å². The van der Waals surface area contributed by atoms with Crippen molar-refractivity contribution in [3.63, 3.8) is 0 Å².